The third-order valence-corrected chi connectivity index (χ3v) is 7.64. The maximum atomic E-state index is 2.66. The van der Waals surface area contributed by atoms with Gasteiger partial charge in [-0.25, -0.2) is 4.57 Å². The molecule has 1 aliphatic heterocycles. The average Bonchev–Trinajstić information content (AvgIpc) is 3.36. The lowest BCUT2D eigenvalue weighted by Gasteiger charge is -2.33. The van der Waals surface area contributed by atoms with Gasteiger partial charge in [-0.3, -0.25) is 0 Å². The second-order valence-electron chi connectivity index (χ2n) is 11.0. The highest BCUT2D eigenvalue weighted by atomic mass is 15.3. The van der Waals surface area contributed by atoms with Crippen LogP contribution in [0.1, 0.15) is 54.5 Å². The quantitative estimate of drug-likeness (QED) is 0.237. The summed E-state index contributed by atoms with van der Waals surface area (Å²) in [5.41, 5.74) is 9.69. The van der Waals surface area contributed by atoms with Gasteiger partial charge in [0, 0.05) is 29.2 Å². The number of rotatable bonds is 3. The molecule has 0 bridgehead atoms. The molecule has 0 unspecified atom stereocenters. The van der Waals surface area contributed by atoms with Gasteiger partial charge in [-0.15, -0.1) is 0 Å². The van der Waals surface area contributed by atoms with Crippen molar-refractivity contribution in [3.05, 3.63) is 143 Å². The molecule has 0 saturated carbocycles. The standard InChI is InChI=1S/C34H33N2/c1-24-16-12-15-23-30(24)35-25(2)31-28-21-13-14-22-29(28)34(26-17-8-6-9-18-26,27-19-10-7-11-20-27)36(31)32(35)33(3,4)5/h6-23H,1-5H3/q+1. The molecule has 0 atom stereocenters. The van der Waals surface area contributed by atoms with E-state index in [0.29, 0.717) is 0 Å². The minimum absolute atomic E-state index is 0.123. The number of hydrogen-bond donors (Lipinski definition) is 0. The molecule has 0 aliphatic carbocycles. The van der Waals surface area contributed by atoms with E-state index in [1.165, 1.54) is 50.7 Å². The number of fused-ring (bicyclic) bond motifs is 3. The van der Waals surface area contributed by atoms with Crippen molar-refractivity contribution in [3.63, 3.8) is 0 Å². The van der Waals surface area contributed by atoms with Gasteiger partial charge in [-0.05, 0) is 39.3 Å². The van der Waals surface area contributed by atoms with E-state index in [4.69, 9.17) is 0 Å². The topological polar surface area (TPSA) is 8.81 Å². The van der Waals surface area contributed by atoms with E-state index < -0.39 is 5.54 Å². The second-order valence-corrected chi connectivity index (χ2v) is 11.0. The number of aryl methyl sites for hydroxylation is 1. The summed E-state index contributed by atoms with van der Waals surface area (Å²) in [7, 11) is 0. The summed E-state index contributed by atoms with van der Waals surface area (Å²) in [5, 5.41) is 0. The molecule has 6 rings (SSSR count). The van der Waals surface area contributed by atoms with Gasteiger partial charge < -0.3 is 0 Å². The van der Waals surface area contributed by atoms with Crippen molar-refractivity contribution >= 4 is 0 Å². The zero-order chi connectivity index (χ0) is 25.1. The van der Waals surface area contributed by atoms with E-state index in [1.807, 2.05) is 0 Å². The monoisotopic (exact) mass is 469 g/mol. The predicted octanol–water partition coefficient (Wildman–Crippen LogP) is 7.50. The molecule has 178 valence electrons. The molecule has 5 aromatic rings. The molecule has 0 fully saturated rings. The highest BCUT2D eigenvalue weighted by molar-refractivity contribution is 5.73. The maximum absolute atomic E-state index is 2.66. The van der Waals surface area contributed by atoms with E-state index >= 15 is 0 Å². The van der Waals surface area contributed by atoms with Gasteiger partial charge in [0.2, 0.25) is 0 Å². The summed E-state index contributed by atoms with van der Waals surface area (Å²) < 4.78 is 5.17. The van der Waals surface area contributed by atoms with Crippen molar-refractivity contribution < 1.29 is 4.57 Å². The van der Waals surface area contributed by atoms with Crippen LogP contribution in [0.25, 0.3) is 16.9 Å². The van der Waals surface area contributed by atoms with Crippen LogP contribution in [0.15, 0.2) is 109 Å². The average molecular weight is 470 g/mol. The van der Waals surface area contributed by atoms with Crippen molar-refractivity contribution in [3.8, 4) is 16.9 Å². The van der Waals surface area contributed by atoms with Crippen molar-refractivity contribution in [1.82, 2.24) is 4.57 Å². The predicted molar refractivity (Wildman–Crippen MR) is 148 cm³/mol. The Bertz CT molecular complexity index is 1530. The molecule has 36 heavy (non-hydrogen) atoms. The zero-order valence-corrected chi connectivity index (χ0v) is 21.8. The number of aromatic nitrogens is 2. The first-order valence-electron chi connectivity index (χ1n) is 12.8. The van der Waals surface area contributed by atoms with Crippen molar-refractivity contribution in [1.29, 1.82) is 0 Å². The second kappa shape index (κ2) is 8.06. The van der Waals surface area contributed by atoms with Gasteiger partial charge in [0.25, 0.3) is 5.82 Å². The molecule has 0 amide bonds. The van der Waals surface area contributed by atoms with Crippen LogP contribution in [0.5, 0.6) is 0 Å². The maximum Gasteiger partial charge on any atom is 0.269 e. The first-order valence-corrected chi connectivity index (χ1v) is 12.8. The van der Waals surface area contributed by atoms with Gasteiger partial charge in [0.05, 0.1) is 5.41 Å². The summed E-state index contributed by atoms with van der Waals surface area (Å²) in [6.45, 7) is 11.5. The Labute approximate surface area is 214 Å². The number of hydrogen-bond acceptors (Lipinski definition) is 0. The number of nitrogens with zero attached hydrogens (tertiary/aromatic N) is 2. The van der Waals surface area contributed by atoms with E-state index in [-0.39, 0.29) is 5.41 Å². The van der Waals surface area contributed by atoms with Gasteiger partial charge in [0.1, 0.15) is 5.69 Å². The van der Waals surface area contributed by atoms with Crippen LogP contribution in [0.4, 0.5) is 0 Å². The Balaban J connectivity index is 1.88. The Kier molecular flexibility index (Phi) is 5.05. The first kappa shape index (κ1) is 22.5. The lowest BCUT2D eigenvalue weighted by Crippen LogP contribution is -2.60. The fourth-order valence-corrected chi connectivity index (χ4v) is 6.27. The fraction of sp³-hybridized carbons (Fsp3) is 0.206. The van der Waals surface area contributed by atoms with Crippen LogP contribution in [-0.2, 0) is 11.0 Å². The van der Waals surface area contributed by atoms with Crippen molar-refractivity contribution in [2.75, 3.05) is 0 Å². The highest BCUT2D eigenvalue weighted by Crippen LogP contribution is 2.49. The van der Waals surface area contributed by atoms with Gasteiger partial charge in [-0.1, -0.05) is 103 Å². The van der Waals surface area contributed by atoms with Crippen molar-refractivity contribution in [2.24, 2.45) is 0 Å². The summed E-state index contributed by atoms with van der Waals surface area (Å²) in [5.74, 6) is 1.30. The minimum Gasteiger partial charge on any atom is -0.208 e. The van der Waals surface area contributed by atoms with E-state index in [9.17, 15) is 0 Å². The van der Waals surface area contributed by atoms with Crippen LogP contribution in [0.3, 0.4) is 0 Å². The molecular weight excluding hydrogens is 436 g/mol. The van der Waals surface area contributed by atoms with Gasteiger partial charge >= 0.3 is 0 Å². The Morgan fingerprint density at radius 2 is 1.17 bits per heavy atom. The third-order valence-electron chi connectivity index (χ3n) is 7.64. The molecule has 4 aromatic carbocycles. The summed E-state index contributed by atoms with van der Waals surface area (Å²) in [4.78, 5) is 0. The van der Waals surface area contributed by atoms with Crippen LogP contribution in [-0.4, -0.2) is 4.57 Å². The number of para-hydroxylation sites is 1. The van der Waals surface area contributed by atoms with Gasteiger partial charge in [0.15, 0.2) is 16.9 Å². The molecule has 2 heteroatoms. The normalized spacial score (nSPS) is 13.9. The molecule has 0 saturated heterocycles. The lowest BCUT2D eigenvalue weighted by atomic mass is 9.76. The molecular formula is C34H33N2+. The molecule has 2 heterocycles. The SMILES string of the molecule is Cc1ccccc1-n1c(C)c2[n+](c1C(C)(C)C)C(c1ccccc1)(c1ccccc1)c1ccccc1-2. The fourth-order valence-electron chi connectivity index (χ4n) is 6.27. The largest absolute Gasteiger partial charge is 0.269 e. The van der Waals surface area contributed by atoms with Crippen molar-refractivity contribution in [2.45, 2.75) is 45.6 Å². The molecule has 0 radical (unpaired) electrons. The molecule has 1 aliphatic rings. The molecule has 0 N–H and O–H groups in total. The van der Waals surface area contributed by atoms with Crippen LogP contribution < -0.4 is 4.57 Å². The smallest absolute Gasteiger partial charge is 0.208 e. The number of imidazole rings is 1. The van der Waals surface area contributed by atoms with E-state index in [1.54, 1.807) is 0 Å². The van der Waals surface area contributed by atoms with Crippen LogP contribution >= 0.6 is 0 Å². The molecule has 2 nitrogen and oxygen atoms in total. The summed E-state index contributed by atoms with van der Waals surface area (Å²) in [6, 6.07) is 39.8. The van der Waals surface area contributed by atoms with E-state index in [2.05, 4.69) is 153 Å². The molecule has 0 spiro atoms. The third kappa shape index (κ3) is 3.00. The summed E-state index contributed by atoms with van der Waals surface area (Å²) >= 11 is 0. The van der Waals surface area contributed by atoms with Gasteiger partial charge in [-0.2, -0.15) is 4.57 Å². The van der Waals surface area contributed by atoms with Crippen LogP contribution in [0.2, 0.25) is 0 Å². The zero-order valence-electron chi connectivity index (χ0n) is 21.8. The Morgan fingerprint density at radius 1 is 0.639 bits per heavy atom. The lowest BCUT2D eigenvalue weighted by molar-refractivity contribution is -0.728. The summed E-state index contributed by atoms with van der Waals surface area (Å²) in [6.07, 6.45) is 0. The Hall–Kier alpha value is -3.91. The minimum atomic E-state index is -0.476. The first-order chi connectivity index (χ1) is 17.4. The van der Waals surface area contributed by atoms with Crippen LogP contribution in [0, 0.1) is 13.8 Å². The number of benzene rings is 4. The van der Waals surface area contributed by atoms with E-state index in [0.717, 1.165) is 0 Å². The highest BCUT2D eigenvalue weighted by Gasteiger charge is 2.56. The molecule has 1 aromatic heterocycles. The Morgan fingerprint density at radius 3 is 1.75 bits per heavy atom.